The summed E-state index contributed by atoms with van der Waals surface area (Å²) < 4.78 is 0. The second kappa shape index (κ2) is 7.59. The van der Waals surface area contributed by atoms with Gasteiger partial charge in [0.2, 0.25) is 5.91 Å². The van der Waals surface area contributed by atoms with E-state index in [1.165, 1.54) is 0 Å². The fourth-order valence-corrected chi connectivity index (χ4v) is 2.34. The third-order valence-corrected chi connectivity index (χ3v) is 3.12. The highest BCUT2D eigenvalue weighted by atomic mass is 35.5. The zero-order valence-corrected chi connectivity index (χ0v) is 12.1. The molecule has 1 unspecified atom stereocenters. The highest BCUT2D eigenvalue weighted by Crippen LogP contribution is 2.19. The monoisotopic (exact) mass is 278 g/mol. The van der Waals surface area contributed by atoms with Crippen LogP contribution in [0.15, 0.2) is 0 Å². The van der Waals surface area contributed by atoms with Gasteiger partial charge in [-0.25, -0.2) is 0 Å². The molecule has 6 heteroatoms. The SMILES string of the molecule is CCCN(CC(=O)O)C1CCN(C(C)C)C1=O.Cl. The Morgan fingerprint density at radius 2 is 2.17 bits per heavy atom. The van der Waals surface area contributed by atoms with E-state index in [9.17, 15) is 9.59 Å². The summed E-state index contributed by atoms with van der Waals surface area (Å²) in [6.07, 6.45) is 1.60. The standard InChI is InChI=1S/C12H22N2O3.ClH/c1-4-6-13(8-11(15)16)10-5-7-14(9(2)3)12(10)17;/h9-10H,4-8H2,1-3H3,(H,15,16);1H. The van der Waals surface area contributed by atoms with Crippen molar-refractivity contribution in [2.45, 2.75) is 45.7 Å². The van der Waals surface area contributed by atoms with Crippen LogP contribution in [0.1, 0.15) is 33.6 Å². The average molecular weight is 279 g/mol. The molecule has 1 aliphatic heterocycles. The van der Waals surface area contributed by atoms with Gasteiger partial charge in [0.25, 0.3) is 0 Å². The Bertz CT molecular complexity index is 297. The molecule has 5 nitrogen and oxygen atoms in total. The van der Waals surface area contributed by atoms with E-state index in [-0.39, 0.29) is 36.9 Å². The van der Waals surface area contributed by atoms with Gasteiger partial charge in [-0.3, -0.25) is 14.5 Å². The van der Waals surface area contributed by atoms with Crippen molar-refractivity contribution >= 4 is 24.3 Å². The number of rotatable bonds is 6. The van der Waals surface area contributed by atoms with E-state index < -0.39 is 5.97 Å². The number of nitrogens with zero attached hydrogens (tertiary/aromatic N) is 2. The molecule has 1 aliphatic rings. The van der Waals surface area contributed by atoms with Gasteiger partial charge in [-0.2, -0.15) is 0 Å². The molecule has 1 atom stereocenters. The normalized spacial score (nSPS) is 19.5. The molecule has 0 aromatic heterocycles. The third kappa shape index (κ3) is 4.14. The van der Waals surface area contributed by atoms with Crippen LogP contribution in [0.4, 0.5) is 0 Å². The Labute approximate surface area is 115 Å². The van der Waals surface area contributed by atoms with Crippen molar-refractivity contribution in [3.05, 3.63) is 0 Å². The number of carbonyl (C=O) groups is 2. The molecule has 1 fully saturated rings. The Morgan fingerprint density at radius 1 is 1.56 bits per heavy atom. The fraction of sp³-hybridized carbons (Fsp3) is 0.833. The topological polar surface area (TPSA) is 60.9 Å². The molecule has 1 amide bonds. The summed E-state index contributed by atoms with van der Waals surface area (Å²) in [5.41, 5.74) is 0. The van der Waals surface area contributed by atoms with Crippen molar-refractivity contribution in [1.82, 2.24) is 9.80 Å². The quantitative estimate of drug-likeness (QED) is 0.793. The molecule has 0 aliphatic carbocycles. The summed E-state index contributed by atoms with van der Waals surface area (Å²) in [5.74, 6) is -0.788. The van der Waals surface area contributed by atoms with Crippen LogP contribution >= 0.6 is 12.4 Å². The van der Waals surface area contributed by atoms with Gasteiger partial charge in [0.15, 0.2) is 0 Å². The van der Waals surface area contributed by atoms with Crippen molar-refractivity contribution in [2.75, 3.05) is 19.6 Å². The Hall–Kier alpha value is -0.810. The minimum atomic E-state index is -0.866. The van der Waals surface area contributed by atoms with E-state index in [1.807, 2.05) is 25.7 Å². The first-order valence-corrected chi connectivity index (χ1v) is 6.23. The predicted molar refractivity (Wildman–Crippen MR) is 72.0 cm³/mol. The molecule has 0 spiro atoms. The summed E-state index contributed by atoms with van der Waals surface area (Å²) in [7, 11) is 0. The number of hydrogen-bond donors (Lipinski definition) is 1. The maximum Gasteiger partial charge on any atom is 0.317 e. The summed E-state index contributed by atoms with van der Waals surface area (Å²) in [5, 5.41) is 8.87. The second-order valence-electron chi connectivity index (χ2n) is 4.79. The van der Waals surface area contributed by atoms with Gasteiger partial charge >= 0.3 is 5.97 Å². The van der Waals surface area contributed by atoms with E-state index in [0.29, 0.717) is 6.54 Å². The van der Waals surface area contributed by atoms with Gasteiger partial charge < -0.3 is 10.0 Å². The molecule has 0 saturated carbocycles. The molecule has 0 radical (unpaired) electrons. The molecule has 1 heterocycles. The van der Waals surface area contributed by atoms with E-state index in [1.54, 1.807) is 4.90 Å². The second-order valence-corrected chi connectivity index (χ2v) is 4.79. The van der Waals surface area contributed by atoms with E-state index in [0.717, 1.165) is 19.4 Å². The van der Waals surface area contributed by atoms with Gasteiger partial charge in [-0.05, 0) is 33.2 Å². The fourth-order valence-electron chi connectivity index (χ4n) is 2.34. The summed E-state index contributed by atoms with van der Waals surface area (Å²) in [4.78, 5) is 26.5. The summed E-state index contributed by atoms with van der Waals surface area (Å²) >= 11 is 0. The van der Waals surface area contributed by atoms with Crippen LogP contribution in [0.25, 0.3) is 0 Å². The number of aliphatic carboxylic acids is 1. The van der Waals surface area contributed by atoms with Crippen molar-refractivity contribution < 1.29 is 14.7 Å². The molecule has 1 saturated heterocycles. The van der Waals surface area contributed by atoms with E-state index in [2.05, 4.69) is 0 Å². The highest BCUT2D eigenvalue weighted by Gasteiger charge is 2.37. The van der Waals surface area contributed by atoms with Gasteiger partial charge in [0.1, 0.15) is 0 Å². The smallest absolute Gasteiger partial charge is 0.317 e. The van der Waals surface area contributed by atoms with Crippen LogP contribution in [-0.4, -0.2) is 58.5 Å². The number of carboxylic acids is 1. The molecule has 18 heavy (non-hydrogen) atoms. The first-order chi connectivity index (χ1) is 7.97. The van der Waals surface area contributed by atoms with Crippen LogP contribution < -0.4 is 0 Å². The summed E-state index contributed by atoms with van der Waals surface area (Å²) in [6.45, 7) is 7.32. The lowest BCUT2D eigenvalue weighted by molar-refractivity contribution is -0.140. The molecular formula is C12H23ClN2O3. The lowest BCUT2D eigenvalue weighted by Crippen LogP contribution is -2.45. The Morgan fingerprint density at radius 3 is 2.56 bits per heavy atom. The molecule has 106 valence electrons. The van der Waals surface area contributed by atoms with Gasteiger partial charge in [0.05, 0.1) is 12.6 Å². The van der Waals surface area contributed by atoms with Crippen LogP contribution in [0.5, 0.6) is 0 Å². The van der Waals surface area contributed by atoms with Gasteiger partial charge in [-0.15, -0.1) is 12.4 Å². The largest absolute Gasteiger partial charge is 0.480 e. The number of likely N-dealkylation sites (tertiary alicyclic amines) is 1. The zero-order valence-electron chi connectivity index (χ0n) is 11.3. The van der Waals surface area contributed by atoms with Crippen molar-refractivity contribution in [3.63, 3.8) is 0 Å². The maximum atomic E-state index is 12.1. The lowest BCUT2D eigenvalue weighted by atomic mass is 10.2. The first kappa shape index (κ1) is 17.2. The van der Waals surface area contributed by atoms with Crippen LogP contribution in [0, 0.1) is 0 Å². The molecule has 0 bridgehead atoms. The van der Waals surface area contributed by atoms with Crippen LogP contribution in [-0.2, 0) is 9.59 Å². The number of halogens is 1. The third-order valence-electron chi connectivity index (χ3n) is 3.12. The number of carboxylic acid groups (broad SMARTS) is 1. The molecule has 1 rings (SSSR count). The van der Waals surface area contributed by atoms with E-state index in [4.69, 9.17) is 5.11 Å². The average Bonchev–Trinajstić information content (AvgIpc) is 2.58. The van der Waals surface area contributed by atoms with Gasteiger partial charge in [-0.1, -0.05) is 6.92 Å². The minimum Gasteiger partial charge on any atom is -0.480 e. The lowest BCUT2D eigenvalue weighted by Gasteiger charge is -2.27. The van der Waals surface area contributed by atoms with Crippen molar-refractivity contribution in [3.8, 4) is 0 Å². The summed E-state index contributed by atoms with van der Waals surface area (Å²) in [6, 6.07) is -0.0470. The van der Waals surface area contributed by atoms with Crippen molar-refractivity contribution in [1.29, 1.82) is 0 Å². The maximum absolute atomic E-state index is 12.1. The molecule has 1 N–H and O–H groups in total. The molecule has 0 aromatic rings. The zero-order chi connectivity index (χ0) is 13.0. The predicted octanol–water partition coefficient (Wildman–Crippen LogP) is 1.21. The number of amides is 1. The van der Waals surface area contributed by atoms with Gasteiger partial charge in [0, 0.05) is 12.6 Å². The molecular weight excluding hydrogens is 256 g/mol. The van der Waals surface area contributed by atoms with Crippen LogP contribution in [0.2, 0.25) is 0 Å². The minimum absolute atomic E-state index is 0. The van der Waals surface area contributed by atoms with E-state index >= 15 is 0 Å². The Kier molecular flexibility index (Phi) is 7.25. The number of carbonyl (C=O) groups excluding carboxylic acids is 1. The number of hydrogen-bond acceptors (Lipinski definition) is 3. The first-order valence-electron chi connectivity index (χ1n) is 6.23. The van der Waals surface area contributed by atoms with Crippen LogP contribution in [0.3, 0.4) is 0 Å². The van der Waals surface area contributed by atoms with Crippen molar-refractivity contribution in [2.24, 2.45) is 0 Å². The highest BCUT2D eigenvalue weighted by molar-refractivity contribution is 5.85. The molecule has 0 aromatic carbocycles. The Balaban J connectivity index is 0.00000289.